The predicted molar refractivity (Wildman–Crippen MR) is 111 cm³/mol. The van der Waals surface area contributed by atoms with Crippen LogP contribution in [0.15, 0.2) is 66.1 Å². The number of rotatable bonds is 6. The minimum absolute atomic E-state index is 0.0765. The predicted octanol–water partition coefficient (Wildman–Crippen LogP) is 2.42. The standard InChI is InChI=1S/C21H25N3O3S/c1-3-12-22-28(26,27)19-10-8-18(9-11-19)21(25)24-15-13-23(14-16-24)20-7-5-4-6-17(20)2/h3-11,22H,1,12-16H2,2H3. The van der Waals surface area contributed by atoms with Crippen molar-refractivity contribution in [1.82, 2.24) is 9.62 Å². The monoisotopic (exact) mass is 399 g/mol. The van der Waals surface area contributed by atoms with Crippen LogP contribution in [0, 0.1) is 6.92 Å². The lowest BCUT2D eigenvalue weighted by Crippen LogP contribution is -2.49. The molecule has 6 nitrogen and oxygen atoms in total. The number of hydrogen-bond acceptors (Lipinski definition) is 4. The molecule has 0 saturated carbocycles. The molecule has 1 amide bonds. The van der Waals surface area contributed by atoms with Crippen LogP contribution in [0.4, 0.5) is 5.69 Å². The van der Waals surface area contributed by atoms with Crippen molar-refractivity contribution in [3.05, 3.63) is 72.3 Å². The zero-order chi connectivity index (χ0) is 20.1. The molecule has 0 aromatic heterocycles. The van der Waals surface area contributed by atoms with Gasteiger partial charge in [0.2, 0.25) is 10.0 Å². The molecule has 2 aromatic rings. The first kappa shape index (κ1) is 20.1. The molecule has 0 spiro atoms. The Balaban J connectivity index is 1.64. The fourth-order valence-electron chi connectivity index (χ4n) is 3.28. The van der Waals surface area contributed by atoms with Gasteiger partial charge >= 0.3 is 0 Å². The average Bonchev–Trinajstić information content (AvgIpc) is 2.72. The maximum Gasteiger partial charge on any atom is 0.253 e. The largest absolute Gasteiger partial charge is 0.368 e. The maximum atomic E-state index is 12.8. The Kier molecular flexibility index (Phi) is 6.16. The third-order valence-electron chi connectivity index (χ3n) is 4.85. The van der Waals surface area contributed by atoms with E-state index in [2.05, 4.69) is 35.3 Å². The molecule has 28 heavy (non-hydrogen) atoms. The number of amides is 1. The highest BCUT2D eigenvalue weighted by Crippen LogP contribution is 2.21. The first-order valence-corrected chi connectivity index (χ1v) is 10.7. The van der Waals surface area contributed by atoms with Crippen molar-refractivity contribution >= 4 is 21.6 Å². The highest BCUT2D eigenvalue weighted by Gasteiger charge is 2.23. The molecule has 1 N–H and O–H groups in total. The first-order chi connectivity index (χ1) is 13.4. The lowest BCUT2D eigenvalue weighted by molar-refractivity contribution is 0.0746. The van der Waals surface area contributed by atoms with Crippen molar-refractivity contribution in [2.24, 2.45) is 0 Å². The smallest absolute Gasteiger partial charge is 0.253 e. The first-order valence-electron chi connectivity index (χ1n) is 9.23. The number of para-hydroxylation sites is 1. The lowest BCUT2D eigenvalue weighted by atomic mass is 10.1. The summed E-state index contributed by atoms with van der Waals surface area (Å²) in [6.45, 7) is 8.56. The zero-order valence-corrected chi connectivity index (χ0v) is 16.8. The normalized spacial score (nSPS) is 14.8. The Morgan fingerprint density at radius 3 is 2.32 bits per heavy atom. The number of anilines is 1. The van der Waals surface area contributed by atoms with E-state index in [0.29, 0.717) is 18.7 Å². The number of carbonyl (C=O) groups excluding carboxylic acids is 1. The summed E-state index contributed by atoms with van der Waals surface area (Å²) in [5.74, 6) is -0.0765. The number of nitrogens with zero attached hydrogens (tertiary/aromatic N) is 2. The number of sulfonamides is 1. The number of piperazine rings is 1. The van der Waals surface area contributed by atoms with Crippen molar-refractivity contribution in [2.75, 3.05) is 37.6 Å². The summed E-state index contributed by atoms with van der Waals surface area (Å²) in [6, 6.07) is 14.3. The van der Waals surface area contributed by atoms with E-state index in [1.54, 1.807) is 12.1 Å². The van der Waals surface area contributed by atoms with E-state index in [1.807, 2.05) is 17.0 Å². The summed E-state index contributed by atoms with van der Waals surface area (Å²) in [5, 5.41) is 0. The molecule has 0 radical (unpaired) electrons. The summed E-state index contributed by atoms with van der Waals surface area (Å²) < 4.78 is 26.6. The van der Waals surface area contributed by atoms with Gasteiger partial charge in [-0.2, -0.15) is 0 Å². The summed E-state index contributed by atoms with van der Waals surface area (Å²) in [5.41, 5.74) is 2.92. The molecule has 0 atom stereocenters. The van der Waals surface area contributed by atoms with Crippen molar-refractivity contribution in [2.45, 2.75) is 11.8 Å². The van der Waals surface area contributed by atoms with Gasteiger partial charge in [0.15, 0.2) is 0 Å². The number of nitrogens with one attached hydrogen (secondary N) is 1. The van der Waals surface area contributed by atoms with Crippen LogP contribution in [0.3, 0.4) is 0 Å². The molecule has 0 bridgehead atoms. The molecule has 3 rings (SSSR count). The molecule has 7 heteroatoms. The third-order valence-corrected chi connectivity index (χ3v) is 6.29. The van der Waals surface area contributed by atoms with Crippen LogP contribution < -0.4 is 9.62 Å². The van der Waals surface area contributed by atoms with Crippen molar-refractivity contribution in [3.8, 4) is 0 Å². The molecule has 1 fully saturated rings. The van der Waals surface area contributed by atoms with Crippen LogP contribution in [-0.2, 0) is 10.0 Å². The maximum absolute atomic E-state index is 12.8. The second-order valence-electron chi connectivity index (χ2n) is 6.73. The van der Waals surface area contributed by atoms with Crippen LogP contribution in [0.5, 0.6) is 0 Å². The SMILES string of the molecule is C=CCNS(=O)(=O)c1ccc(C(=O)N2CCN(c3ccccc3C)CC2)cc1. The number of benzene rings is 2. The van der Waals surface area contributed by atoms with E-state index < -0.39 is 10.0 Å². The second-order valence-corrected chi connectivity index (χ2v) is 8.50. The molecule has 148 valence electrons. The Bertz CT molecular complexity index is 947. The summed E-state index contributed by atoms with van der Waals surface area (Å²) in [6.07, 6.45) is 1.48. The van der Waals surface area contributed by atoms with Crippen LogP contribution in [-0.4, -0.2) is 51.9 Å². The molecule has 1 saturated heterocycles. The third kappa shape index (κ3) is 4.43. The van der Waals surface area contributed by atoms with Crippen molar-refractivity contribution in [3.63, 3.8) is 0 Å². The Hall–Kier alpha value is -2.64. The quantitative estimate of drug-likeness (QED) is 0.758. The van der Waals surface area contributed by atoms with Gasteiger partial charge in [-0.15, -0.1) is 6.58 Å². The fourth-order valence-corrected chi connectivity index (χ4v) is 4.28. The highest BCUT2D eigenvalue weighted by molar-refractivity contribution is 7.89. The minimum Gasteiger partial charge on any atom is -0.368 e. The van der Waals surface area contributed by atoms with E-state index in [1.165, 1.54) is 29.5 Å². The topological polar surface area (TPSA) is 69.7 Å². The molecule has 2 aromatic carbocycles. The van der Waals surface area contributed by atoms with Crippen LogP contribution in [0.2, 0.25) is 0 Å². The van der Waals surface area contributed by atoms with E-state index in [-0.39, 0.29) is 17.3 Å². The summed E-state index contributed by atoms with van der Waals surface area (Å²) in [7, 11) is -3.58. The average molecular weight is 400 g/mol. The van der Waals surface area contributed by atoms with Gasteiger partial charge < -0.3 is 9.80 Å². The summed E-state index contributed by atoms with van der Waals surface area (Å²) >= 11 is 0. The molecule has 1 heterocycles. The van der Waals surface area contributed by atoms with Gasteiger partial charge in [0.05, 0.1) is 4.90 Å². The van der Waals surface area contributed by atoms with Crippen molar-refractivity contribution < 1.29 is 13.2 Å². The molecular weight excluding hydrogens is 374 g/mol. The Morgan fingerprint density at radius 1 is 1.07 bits per heavy atom. The zero-order valence-electron chi connectivity index (χ0n) is 16.0. The van der Waals surface area contributed by atoms with Gasteiger partial charge in [0, 0.05) is 44.0 Å². The van der Waals surface area contributed by atoms with Gasteiger partial charge in [0.25, 0.3) is 5.91 Å². The minimum atomic E-state index is -3.58. The van der Waals surface area contributed by atoms with E-state index in [0.717, 1.165) is 13.1 Å². The highest BCUT2D eigenvalue weighted by atomic mass is 32.2. The molecule has 0 unspecified atom stereocenters. The number of carbonyl (C=O) groups is 1. The van der Waals surface area contributed by atoms with Crippen LogP contribution >= 0.6 is 0 Å². The van der Waals surface area contributed by atoms with Crippen LogP contribution in [0.1, 0.15) is 15.9 Å². The van der Waals surface area contributed by atoms with E-state index >= 15 is 0 Å². The van der Waals surface area contributed by atoms with Crippen LogP contribution in [0.25, 0.3) is 0 Å². The van der Waals surface area contributed by atoms with Gasteiger partial charge in [-0.05, 0) is 42.8 Å². The van der Waals surface area contributed by atoms with Gasteiger partial charge in [-0.1, -0.05) is 24.3 Å². The Morgan fingerprint density at radius 2 is 1.71 bits per heavy atom. The molecule has 1 aliphatic heterocycles. The second kappa shape index (κ2) is 8.58. The lowest BCUT2D eigenvalue weighted by Gasteiger charge is -2.36. The van der Waals surface area contributed by atoms with Gasteiger partial charge in [-0.3, -0.25) is 4.79 Å². The van der Waals surface area contributed by atoms with Gasteiger partial charge in [-0.25, -0.2) is 13.1 Å². The van der Waals surface area contributed by atoms with Gasteiger partial charge in [0.1, 0.15) is 0 Å². The number of aryl methyl sites for hydroxylation is 1. The van der Waals surface area contributed by atoms with Crippen molar-refractivity contribution in [1.29, 1.82) is 0 Å². The Labute approximate surface area is 166 Å². The molecular formula is C21H25N3O3S. The van der Waals surface area contributed by atoms with E-state index in [9.17, 15) is 13.2 Å². The molecule has 0 aliphatic carbocycles. The van der Waals surface area contributed by atoms with E-state index in [4.69, 9.17) is 0 Å². The number of hydrogen-bond donors (Lipinski definition) is 1. The molecule has 1 aliphatic rings. The fraction of sp³-hybridized carbons (Fsp3) is 0.286. The summed E-state index contributed by atoms with van der Waals surface area (Å²) in [4.78, 5) is 17.0.